The van der Waals surface area contributed by atoms with Crippen molar-refractivity contribution in [3.63, 3.8) is 0 Å². The van der Waals surface area contributed by atoms with Gasteiger partial charge in [-0.2, -0.15) is 0 Å². The number of benzene rings is 1. The molecule has 0 aliphatic heterocycles. The van der Waals surface area contributed by atoms with Gasteiger partial charge in [-0.25, -0.2) is 4.99 Å². The lowest BCUT2D eigenvalue weighted by Crippen LogP contribution is -2.39. The summed E-state index contributed by atoms with van der Waals surface area (Å²) >= 11 is 0. The first-order chi connectivity index (χ1) is 12.2. The lowest BCUT2D eigenvalue weighted by Gasteiger charge is -2.18. The molecule has 25 heavy (non-hydrogen) atoms. The summed E-state index contributed by atoms with van der Waals surface area (Å²) in [7, 11) is 0. The maximum Gasteiger partial charge on any atom is 0.192 e. The first-order valence-corrected chi connectivity index (χ1v) is 8.78. The number of ether oxygens (including phenoxy) is 1. The van der Waals surface area contributed by atoms with E-state index in [1.807, 2.05) is 38.1 Å². The van der Waals surface area contributed by atoms with Crippen LogP contribution >= 0.6 is 0 Å². The highest BCUT2D eigenvalue weighted by atomic mass is 16.5. The molecular formula is C19H28N4O2. The Bertz CT molecular complexity index is 640. The van der Waals surface area contributed by atoms with Crippen LogP contribution in [0.1, 0.15) is 43.3 Å². The van der Waals surface area contributed by atoms with Gasteiger partial charge in [0, 0.05) is 25.8 Å². The lowest BCUT2D eigenvalue weighted by atomic mass is 10.1. The fourth-order valence-corrected chi connectivity index (χ4v) is 2.36. The van der Waals surface area contributed by atoms with Gasteiger partial charge in [-0.1, -0.05) is 35.5 Å². The van der Waals surface area contributed by atoms with Crippen LogP contribution in [-0.2, 0) is 11.3 Å². The molecule has 1 aromatic heterocycles. The fraction of sp³-hybridized carbons (Fsp3) is 0.474. The normalized spacial score (nSPS) is 12.8. The van der Waals surface area contributed by atoms with E-state index in [0.29, 0.717) is 6.54 Å². The van der Waals surface area contributed by atoms with Crippen LogP contribution in [0.25, 0.3) is 0 Å². The van der Waals surface area contributed by atoms with Gasteiger partial charge in [0.2, 0.25) is 0 Å². The third kappa shape index (κ3) is 6.97. The Labute approximate surface area is 149 Å². The van der Waals surface area contributed by atoms with Gasteiger partial charge in [0.05, 0.1) is 12.6 Å². The number of hydrogen-bond acceptors (Lipinski definition) is 4. The number of aliphatic imine (C=N–C) groups is 1. The van der Waals surface area contributed by atoms with Crippen LogP contribution in [0.15, 0.2) is 45.9 Å². The van der Waals surface area contributed by atoms with Gasteiger partial charge >= 0.3 is 0 Å². The molecule has 0 spiro atoms. The highest BCUT2D eigenvalue weighted by molar-refractivity contribution is 5.80. The van der Waals surface area contributed by atoms with Crippen molar-refractivity contribution in [3.8, 4) is 0 Å². The first-order valence-electron chi connectivity index (χ1n) is 8.78. The van der Waals surface area contributed by atoms with Crippen molar-refractivity contribution in [1.82, 2.24) is 15.8 Å². The van der Waals surface area contributed by atoms with Gasteiger partial charge in [0.25, 0.3) is 0 Å². The van der Waals surface area contributed by atoms with E-state index in [0.717, 1.165) is 43.6 Å². The summed E-state index contributed by atoms with van der Waals surface area (Å²) in [6.45, 7) is 8.76. The van der Waals surface area contributed by atoms with E-state index in [4.69, 9.17) is 9.26 Å². The number of rotatable bonds is 9. The molecule has 0 aliphatic rings. The Hall–Kier alpha value is -2.34. The molecule has 0 saturated carbocycles. The van der Waals surface area contributed by atoms with Crippen molar-refractivity contribution < 1.29 is 9.26 Å². The largest absolute Gasteiger partial charge is 0.382 e. The highest BCUT2D eigenvalue weighted by Gasteiger charge is 2.08. The van der Waals surface area contributed by atoms with Crippen LogP contribution in [0.3, 0.4) is 0 Å². The first kappa shape index (κ1) is 19.0. The molecule has 6 heteroatoms. The Morgan fingerprint density at radius 1 is 1.32 bits per heavy atom. The van der Waals surface area contributed by atoms with Crippen LogP contribution in [0.4, 0.5) is 0 Å². The molecule has 2 aromatic rings. The highest BCUT2D eigenvalue weighted by Crippen LogP contribution is 2.11. The van der Waals surface area contributed by atoms with Crippen LogP contribution in [0.5, 0.6) is 0 Å². The minimum atomic E-state index is 0.151. The predicted molar refractivity (Wildman–Crippen MR) is 99.5 cm³/mol. The molecule has 2 rings (SSSR count). The Balaban J connectivity index is 1.95. The van der Waals surface area contributed by atoms with Gasteiger partial charge in [0.15, 0.2) is 5.96 Å². The molecule has 0 saturated heterocycles. The lowest BCUT2D eigenvalue weighted by molar-refractivity contribution is 0.145. The quantitative estimate of drug-likeness (QED) is 0.415. The summed E-state index contributed by atoms with van der Waals surface area (Å²) in [4.78, 5) is 4.62. The van der Waals surface area contributed by atoms with E-state index >= 15 is 0 Å². The molecule has 2 N–H and O–H groups in total. The summed E-state index contributed by atoms with van der Waals surface area (Å²) < 4.78 is 10.5. The maximum atomic E-state index is 5.38. The summed E-state index contributed by atoms with van der Waals surface area (Å²) in [6, 6.07) is 12.4. The molecular weight excluding hydrogens is 316 g/mol. The number of guanidine groups is 1. The van der Waals surface area contributed by atoms with E-state index < -0.39 is 0 Å². The average molecular weight is 344 g/mol. The smallest absolute Gasteiger partial charge is 0.192 e. The van der Waals surface area contributed by atoms with E-state index in [9.17, 15) is 0 Å². The topological polar surface area (TPSA) is 71.7 Å². The van der Waals surface area contributed by atoms with Crippen LogP contribution < -0.4 is 10.6 Å². The molecule has 0 bridgehead atoms. The molecule has 1 heterocycles. The van der Waals surface area contributed by atoms with Crippen molar-refractivity contribution in [2.24, 2.45) is 4.99 Å². The second-order valence-corrected chi connectivity index (χ2v) is 5.85. The monoisotopic (exact) mass is 344 g/mol. The molecule has 0 fully saturated rings. The van der Waals surface area contributed by atoms with Gasteiger partial charge in [-0.05, 0) is 32.8 Å². The van der Waals surface area contributed by atoms with E-state index in [-0.39, 0.29) is 6.04 Å². The third-order valence-electron chi connectivity index (χ3n) is 3.69. The molecule has 136 valence electrons. The van der Waals surface area contributed by atoms with Gasteiger partial charge in [-0.3, -0.25) is 0 Å². The van der Waals surface area contributed by atoms with Crippen LogP contribution in [0.2, 0.25) is 0 Å². The summed E-state index contributed by atoms with van der Waals surface area (Å²) in [6.07, 6.45) is 0.928. The standard InChI is InChI=1S/C19H28N4O2/c1-4-24-12-8-11-20-19(21-14-18-13-15(2)25-23-18)22-16(3)17-9-6-5-7-10-17/h5-7,9-10,13,16H,4,8,11-12,14H2,1-3H3,(H2,20,21,22). The minimum absolute atomic E-state index is 0.151. The minimum Gasteiger partial charge on any atom is -0.382 e. The van der Waals surface area contributed by atoms with Gasteiger partial charge in [0.1, 0.15) is 11.5 Å². The number of nitrogens with zero attached hydrogens (tertiary/aromatic N) is 2. The van der Waals surface area contributed by atoms with Crippen LogP contribution in [-0.4, -0.2) is 30.9 Å². The molecule has 1 atom stereocenters. The second-order valence-electron chi connectivity index (χ2n) is 5.85. The SMILES string of the molecule is CCOCCCNC(=NCc1cc(C)on1)NC(C)c1ccccc1. The average Bonchev–Trinajstić information content (AvgIpc) is 3.05. The third-order valence-corrected chi connectivity index (χ3v) is 3.69. The van der Waals surface area contributed by atoms with Crippen molar-refractivity contribution in [2.45, 2.75) is 39.8 Å². The van der Waals surface area contributed by atoms with E-state index in [2.05, 4.69) is 39.8 Å². The van der Waals surface area contributed by atoms with Crippen molar-refractivity contribution >= 4 is 5.96 Å². The number of hydrogen-bond donors (Lipinski definition) is 2. The maximum absolute atomic E-state index is 5.38. The summed E-state index contributed by atoms with van der Waals surface area (Å²) in [5.41, 5.74) is 2.03. The predicted octanol–water partition coefficient (Wildman–Crippen LogP) is 3.21. The van der Waals surface area contributed by atoms with Crippen molar-refractivity contribution in [1.29, 1.82) is 0 Å². The molecule has 0 aliphatic carbocycles. The van der Waals surface area contributed by atoms with E-state index in [1.54, 1.807) is 0 Å². The summed E-state index contributed by atoms with van der Waals surface area (Å²) in [5, 5.41) is 10.8. The van der Waals surface area contributed by atoms with Crippen molar-refractivity contribution in [3.05, 3.63) is 53.4 Å². The Kier molecular flexibility index (Phi) is 7.98. The van der Waals surface area contributed by atoms with Gasteiger partial charge < -0.3 is 19.9 Å². The van der Waals surface area contributed by atoms with E-state index in [1.165, 1.54) is 5.56 Å². The fourth-order valence-electron chi connectivity index (χ4n) is 2.36. The van der Waals surface area contributed by atoms with Crippen LogP contribution in [0, 0.1) is 6.92 Å². The number of aromatic nitrogens is 1. The zero-order valence-electron chi connectivity index (χ0n) is 15.3. The Morgan fingerprint density at radius 2 is 2.12 bits per heavy atom. The zero-order valence-corrected chi connectivity index (χ0v) is 15.3. The van der Waals surface area contributed by atoms with Gasteiger partial charge in [-0.15, -0.1) is 0 Å². The molecule has 1 unspecified atom stereocenters. The molecule has 6 nitrogen and oxygen atoms in total. The number of nitrogens with one attached hydrogen (secondary N) is 2. The summed E-state index contributed by atoms with van der Waals surface area (Å²) in [5.74, 6) is 1.55. The molecule has 0 radical (unpaired) electrons. The molecule has 0 amide bonds. The second kappa shape index (κ2) is 10.5. The number of aryl methyl sites for hydroxylation is 1. The zero-order chi connectivity index (χ0) is 17.9. The Morgan fingerprint density at radius 3 is 2.80 bits per heavy atom. The van der Waals surface area contributed by atoms with Crippen molar-refractivity contribution in [2.75, 3.05) is 19.8 Å². The molecule has 1 aromatic carbocycles.